The summed E-state index contributed by atoms with van der Waals surface area (Å²) in [6.45, 7) is 52.9. The summed E-state index contributed by atoms with van der Waals surface area (Å²) in [4.78, 5) is 12.6. The lowest BCUT2D eigenvalue weighted by atomic mass is 9.89. The highest BCUT2D eigenvalue weighted by Gasteiger charge is 2.21. The van der Waals surface area contributed by atoms with E-state index < -0.39 is 0 Å². The number of hydrogen-bond donors (Lipinski definition) is 3. The van der Waals surface area contributed by atoms with Gasteiger partial charge in [-0.25, -0.2) is 4.98 Å². The average molecular weight is 996 g/mol. The molecule has 0 saturated heterocycles. The van der Waals surface area contributed by atoms with Gasteiger partial charge in [-0.15, -0.1) is 0 Å². The molecule has 402 valence electrons. The third kappa shape index (κ3) is 29.6. The second-order valence-corrected chi connectivity index (χ2v) is 26.3. The lowest BCUT2D eigenvalue weighted by molar-refractivity contribution is 0.362. The fourth-order valence-electron chi connectivity index (χ4n) is 6.02. The number of H-pyrrole nitrogens is 3. The molecule has 7 aromatic rings. The molecular weight excluding hydrogens is 899 g/mol. The number of aromatic nitrogens is 13. The van der Waals surface area contributed by atoms with Gasteiger partial charge in [0.05, 0.1) is 17.6 Å². The first kappa shape index (κ1) is 64.3. The molecule has 7 aromatic heterocycles. The predicted molar refractivity (Wildman–Crippen MR) is 295 cm³/mol. The number of rotatable bonds is 3. The Kier molecular flexibility index (Phi) is 24.4. The molecule has 3 N–H and O–H groups in total. The van der Waals surface area contributed by atoms with Crippen LogP contribution in [-0.2, 0) is 48.0 Å². The Morgan fingerprint density at radius 2 is 1.12 bits per heavy atom. The van der Waals surface area contributed by atoms with E-state index in [4.69, 9.17) is 9.05 Å². The molecule has 15 heteroatoms. The van der Waals surface area contributed by atoms with Gasteiger partial charge >= 0.3 is 0 Å². The summed E-state index contributed by atoms with van der Waals surface area (Å²) >= 11 is 0. The van der Waals surface area contributed by atoms with Crippen molar-refractivity contribution >= 4 is 0 Å². The van der Waals surface area contributed by atoms with E-state index in [9.17, 15) is 0 Å². The third-order valence-corrected chi connectivity index (χ3v) is 9.57. The second-order valence-electron chi connectivity index (χ2n) is 26.3. The molecule has 0 saturated carbocycles. The Bertz CT molecular complexity index is 2320. The van der Waals surface area contributed by atoms with E-state index in [2.05, 4.69) is 225 Å². The topological polar surface area (TPSA) is 195 Å². The van der Waals surface area contributed by atoms with Gasteiger partial charge in [0.25, 0.3) is 0 Å². The maximum Gasteiger partial charge on any atom is 0.223 e. The highest BCUT2D eigenvalue weighted by molar-refractivity contribution is 5.15. The SMILES string of the molecule is CC(C)(C)Cc1ccccn1.CC(C)(C)c1ccn[nH]1.Cc1cc(C(C)(C)C)n[nH]1.Cc1cc(CC(C)(C)C)no1.Cc1nc(C(C)(C)C)n[nH]1.Cc1nc(C(C)(C)C)no1.Cn1cc(CC(C)(C)C)cn1. The minimum atomic E-state index is -0.00222. The van der Waals surface area contributed by atoms with Gasteiger partial charge < -0.3 is 9.05 Å². The Morgan fingerprint density at radius 1 is 0.542 bits per heavy atom. The number of nitrogens with one attached hydrogen (secondary N) is 3. The largest absolute Gasteiger partial charge is 0.361 e. The zero-order valence-electron chi connectivity index (χ0n) is 49.7. The Hall–Kier alpha value is -5.73. The molecule has 15 nitrogen and oxygen atoms in total. The molecule has 0 unspecified atom stereocenters. The molecule has 72 heavy (non-hydrogen) atoms. The molecule has 0 aliphatic heterocycles. The van der Waals surface area contributed by atoms with Crippen molar-refractivity contribution in [2.24, 2.45) is 23.3 Å². The van der Waals surface area contributed by atoms with Gasteiger partial charge in [-0.2, -0.15) is 25.4 Å². The van der Waals surface area contributed by atoms with Crippen molar-refractivity contribution in [1.29, 1.82) is 0 Å². The van der Waals surface area contributed by atoms with Crippen LogP contribution in [0.25, 0.3) is 0 Å². The van der Waals surface area contributed by atoms with Crippen molar-refractivity contribution in [2.75, 3.05) is 0 Å². The van der Waals surface area contributed by atoms with E-state index in [0.29, 0.717) is 22.1 Å². The molecule has 7 heterocycles. The number of nitrogens with zero attached hydrogens (tertiary/aromatic N) is 10. The summed E-state index contributed by atoms with van der Waals surface area (Å²) in [6, 6.07) is 12.1. The molecule has 0 atom stereocenters. The van der Waals surface area contributed by atoms with Crippen LogP contribution in [-0.4, -0.2) is 65.6 Å². The summed E-state index contributed by atoms with van der Waals surface area (Å²) in [5.74, 6) is 4.05. The smallest absolute Gasteiger partial charge is 0.223 e. The van der Waals surface area contributed by atoms with Gasteiger partial charge in [-0.05, 0) is 86.1 Å². The van der Waals surface area contributed by atoms with E-state index in [0.717, 1.165) is 59.6 Å². The molecule has 0 fully saturated rings. The fourth-order valence-corrected chi connectivity index (χ4v) is 6.02. The first-order chi connectivity index (χ1) is 32.6. The van der Waals surface area contributed by atoms with Crippen molar-refractivity contribution in [3.8, 4) is 0 Å². The van der Waals surface area contributed by atoms with Crippen molar-refractivity contribution in [2.45, 2.75) is 214 Å². The minimum Gasteiger partial charge on any atom is -0.361 e. The average Bonchev–Trinajstić information content (AvgIpc) is 4.06. The van der Waals surface area contributed by atoms with Crippen LogP contribution in [0.15, 0.2) is 70.2 Å². The maximum atomic E-state index is 4.96. The van der Waals surface area contributed by atoms with Crippen LogP contribution in [0.4, 0.5) is 0 Å². The predicted octanol–water partition coefficient (Wildman–Crippen LogP) is 14.1. The lowest BCUT2D eigenvalue weighted by Gasteiger charge is -2.16. The second kappa shape index (κ2) is 27.4. The standard InChI is InChI=1S/C10H15N.C9H16N2.C9H15NO.C8H14N2.C7H13N3.C7H12N2O.C7H12N2/c1-10(2,3)8-9-6-4-5-7-11-9;1-9(2,3)5-8-6-10-11(4)7-8;1-7-5-8(10-11-7)6-9(2,3)4;1-6-5-7(10-9-6)8(2,3)4;1-5-8-6(10-9-5)7(2,3)4;1-5-8-6(9-10-5)7(2,3)4;1-7(2,3)6-4-5-8-9-6/h4-7H,8H2,1-3H3;6-7H,5H2,1-4H3;5H,6H2,1-4H3;5H,1-4H3,(H,9,10);1-4H3,(H,8,9,10);1-4H3;4-5H,1-3H3,(H,8,9). The Balaban J connectivity index is 0.000000420. The molecule has 7 rings (SSSR count). The lowest BCUT2D eigenvalue weighted by Crippen LogP contribution is -2.13. The van der Waals surface area contributed by atoms with Crippen LogP contribution < -0.4 is 0 Å². The summed E-state index contributed by atoms with van der Waals surface area (Å²) < 4.78 is 11.6. The van der Waals surface area contributed by atoms with Crippen LogP contribution in [0.1, 0.15) is 209 Å². The van der Waals surface area contributed by atoms with Gasteiger partial charge in [0.1, 0.15) is 11.6 Å². The summed E-state index contributed by atoms with van der Waals surface area (Å²) in [5.41, 5.74) is 8.43. The molecule has 0 radical (unpaired) electrons. The van der Waals surface area contributed by atoms with Crippen molar-refractivity contribution < 1.29 is 9.05 Å². The number of aryl methyl sites for hydroxylation is 5. The Morgan fingerprint density at radius 3 is 1.42 bits per heavy atom. The highest BCUT2D eigenvalue weighted by Crippen LogP contribution is 2.23. The van der Waals surface area contributed by atoms with Crippen LogP contribution in [0.5, 0.6) is 0 Å². The van der Waals surface area contributed by atoms with Crippen molar-refractivity contribution in [1.82, 2.24) is 65.6 Å². The van der Waals surface area contributed by atoms with Gasteiger partial charge in [0.2, 0.25) is 5.89 Å². The van der Waals surface area contributed by atoms with Gasteiger partial charge in [0.15, 0.2) is 11.6 Å². The van der Waals surface area contributed by atoms with Crippen molar-refractivity contribution in [3.63, 3.8) is 0 Å². The van der Waals surface area contributed by atoms with Crippen LogP contribution in [0, 0.1) is 43.9 Å². The van der Waals surface area contributed by atoms with E-state index in [-0.39, 0.29) is 21.7 Å². The zero-order valence-corrected chi connectivity index (χ0v) is 49.7. The molecular formula is C57H97N13O2. The molecule has 0 aliphatic rings. The molecule has 0 aliphatic carbocycles. The summed E-state index contributed by atoms with van der Waals surface area (Å²) in [7, 11) is 1.95. The zero-order chi connectivity index (χ0) is 55.5. The van der Waals surface area contributed by atoms with E-state index in [1.165, 1.54) is 17.0 Å². The normalized spacial score (nSPS) is 11.9. The van der Waals surface area contributed by atoms with Crippen molar-refractivity contribution in [3.05, 3.63) is 124 Å². The third-order valence-electron chi connectivity index (χ3n) is 9.57. The number of hydrogen-bond acceptors (Lipinski definition) is 11. The highest BCUT2D eigenvalue weighted by atomic mass is 16.5. The first-order valence-corrected chi connectivity index (χ1v) is 25.2. The maximum absolute atomic E-state index is 4.96. The van der Waals surface area contributed by atoms with Crippen LogP contribution >= 0.6 is 0 Å². The quantitative estimate of drug-likeness (QED) is 0.152. The Labute approximate surface area is 434 Å². The minimum absolute atomic E-state index is 0.00222. The van der Waals surface area contributed by atoms with E-state index in [1.54, 1.807) is 13.1 Å². The first-order valence-electron chi connectivity index (χ1n) is 25.2. The van der Waals surface area contributed by atoms with Gasteiger partial charge in [-0.3, -0.25) is 25.0 Å². The van der Waals surface area contributed by atoms with Gasteiger partial charge in [-0.1, -0.05) is 162 Å². The number of aromatic amines is 3. The summed E-state index contributed by atoms with van der Waals surface area (Å²) in [6.07, 6.45) is 10.8. The molecule has 0 amide bonds. The van der Waals surface area contributed by atoms with Crippen LogP contribution in [0.2, 0.25) is 0 Å². The van der Waals surface area contributed by atoms with E-state index >= 15 is 0 Å². The molecule has 0 bridgehead atoms. The number of pyridine rings is 1. The van der Waals surface area contributed by atoms with E-state index in [1.807, 2.05) is 69.2 Å². The molecule has 0 spiro atoms. The van der Waals surface area contributed by atoms with Crippen LogP contribution in [0.3, 0.4) is 0 Å². The van der Waals surface area contributed by atoms with Gasteiger partial charge in [0, 0.05) is 77.4 Å². The molecule has 0 aromatic carbocycles. The monoisotopic (exact) mass is 996 g/mol. The summed E-state index contributed by atoms with van der Waals surface area (Å²) in [5, 5.41) is 32.6. The fraction of sp³-hybridized carbons (Fsp3) is 0.632.